The Morgan fingerprint density at radius 3 is 2.46 bits per heavy atom. The monoisotopic (exact) mass is 480 g/mol. The number of hydrogen-bond donors (Lipinski definition) is 1. The molecule has 0 radical (unpaired) electrons. The summed E-state index contributed by atoms with van der Waals surface area (Å²) in [6.45, 7) is 12.4. The summed E-state index contributed by atoms with van der Waals surface area (Å²) < 4.78 is 12.8. The van der Waals surface area contributed by atoms with E-state index in [4.69, 9.17) is 9.47 Å². The highest BCUT2D eigenvalue weighted by molar-refractivity contribution is 6.04. The summed E-state index contributed by atoms with van der Waals surface area (Å²) in [6, 6.07) is 12.7. The molecule has 188 valence electrons. The van der Waals surface area contributed by atoms with Gasteiger partial charge in [0, 0.05) is 25.0 Å². The highest BCUT2D eigenvalue weighted by atomic mass is 16.5. The van der Waals surface area contributed by atoms with Crippen LogP contribution in [-0.4, -0.2) is 53.9 Å². The summed E-state index contributed by atoms with van der Waals surface area (Å²) in [7, 11) is 1.60. The fourth-order valence-corrected chi connectivity index (χ4v) is 3.90. The molecule has 0 unspecified atom stereocenters. The molecule has 0 spiro atoms. The lowest BCUT2D eigenvalue weighted by atomic mass is 10.1. The van der Waals surface area contributed by atoms with Crippen LogP contribution >= 0.6 is 0 Å². The number of hydrogen-bond acceptors (Lipinski definition) is 6. The third kappa shape index (κ3) is 6.60. The quantitative estimate of drug-likeness (QED) is 0.425. The van der Waals surface area contributed by atoms with Gasteiger partial charge in [-0.3, -0.25) is 9.59 Å². The van der Waals surface area contributed by atoms with Crippen molar-refractivity contribution < 1.29 is 14.3 Å². The van der Waals surface area contributed by atoms with Crippen LogP contribution < -0.4 is 20.3 Å². The Labute approximate surface area is 206 Å². The largest absolute Gasteiger partial charge is 0.493 e. The molecule has 0 atom stereocenters. The maximum Gasteiger partial charge on any atom is 0.274 e. The minimum Gasteiger partial charge on any atom is -0.493 e. The van der Waals surface area contributed by atoms with E-state index >= 15 is 0 Å². The summed E-state index contributed by atoms with van der Waals surface area (Å²) >= 11 is 0. The van der Waals surface area contributed by atoms with Gasteiger partial charge >= 0.3 is 0 Å². The number of fused-ring (bicyclic) bond motifs is 1. The number of carbonyl (C=O) groups is 1. The Kier molecular flexibility index (Phi) is 9.25. The van der Waals surface area contributed by atoms with Gasteiger partial charge in [0.15, 0.2) is 17.2 Å². The van der Waals surface area contributed by atoms with Crippen molar-refractivity contribution in [3.05, 3.63) is 64.1 Å². The smallest absolute Gasteiger partial charge is 0.274 e. The van der Waals surface area contributed by atoms with Crippen LogP contribution in [0.25, 0.3) is 10.8 Å². The second kappa shape index (κ2) is 12.4. The molecule has 0 aliphatic heterocycles. The number of nitrogens with one attached hydrogen (secondary N) is 1. The van der Waals surface area contributed by atoms with Crippen molar-refractivity contribution in [3.8, 4) is 11.5 Å². The molecule has 35 heavy (non-hydrogen) atoms. The fourth-order valence-electron chi connectivity index (χ4n) is 3.90. The third-order valence-corrected chi connectivity index (χ3v) is 5.86. The normalized spacial score (nSPS) is 11.3. The van der Waals surface area contributed by atoms with E-state index < -0.39 is 0 Å². The zero-order valence-corrected chi connectivity index (χ0v) is 21.3. The zero-order valence-electron chi connectivity index (χ0n) is 21.3. The van der Waals surface area contributed by atoms with Crippen molar-refractivity contribution in [3.63, 3.8) is 0 Å². The lowest BCUT2D eigenvalue weighted by Crippen LogP contribution is -2.31. The van der Waals surface area contributed by atoms with Gasteiger partial charge in [-0.25, -0.2) is 4.68 Å². The first-order chi connectivity index (χ1) is 16.9. The Hall–Kier alpha value is -3.39. The van der Waals surface area contributed by atoms with Gasteiger partial charge in [0.05, 0.1) is 12.5 Å². The van der Waals surface area contributed by atoms with Crippen molar-refractivity contribution >= 4 is 16.7 Å². The van der Waals surface area contributed by atoms with Gasteiger partial charge in [-0.2, -0.15) is 5.10 Å². The topological polar surface area (TPSA) is 85.7 Å². The highest BCUT2D eigenvalue weighted by Gasteiger charge is 2.17. The predicted molar refractivity (Wildman–Crippen MR) is 138 cm³/mol. The van der Waals surface area contributed by atoms with Gasteiger partial charge in [0.25, 0.3) is 11.5 Å². The number of rotatable bonds is 12. The average molecular weight is 481 g/mol. The number of benzene rings is 2. The number of amides is 1. The van der Waals surface area contributed by atoms with E-state index in [1.165, 1.54) is 4.68 Å². The molecule has 3 aromatic rings. The minimum atomic E-state index is -0.336. The van der Waals surface area contributed by atoms with Crippen LogP contribution in [0.1, 0.15) is 43.7 Å². The van der Waals surface area contributed by atoms with Crippen molar-refractivity contribution in [1.82, 2.24) is 20.0 Å². The van der Waals surface area contributed by atoms with E-state index in [9.17, 15) is 9.59 Å². The van der Waals surface area contributed by atoms with E-state index in [0.29, 0.717) is 35.4 Å². The minimum absolute atomic E-state index is 0.188. The lowest BCUT2D eigenvalue weighted by molar-refractivity contribution is 0.0945. The number of nitrogens with zero attached hydrogens (tertiary/aromatic N) is 3. The van der Waals surface area contributed by atoms with Crippen molar-refractivity contribution in [1.29, 1.82) is 0 Å². The van der Waals surface area contributed by atoms with E-state index in [2.05, 4.69) is 29.2 Å². The zero-order chi connectivity index (χ0) is 25.4. The van der Waals surface area contributed by atoms with Gasteiger partial charge in [0.1, 0.15) is 6.61 Å². The average Bonchev–Trinajstić information content (AvgIpc) is 2.87. The second-order valence-electron chi connectivity index (χ2n) is 8.82. The summed E-state index contributed by atoms with van der Waals surface area (Å²) in [6.07, 6.45) is 0. The SMILES string of the molecule is CCN(CC)CCOc1ccc(CNC(=O)c2nn(CC(C)C)c(=O)c3ccccc23)cc1OC. The summed E-state index contributed by atoms with van der Waals surface area (Å²) in [4.78, 5) is 28.2. The molecule has 0 aliphatic rings. The molecular formula is C27H36N4O4. The van der Waals surface area contributed by atoms with Gasteiger partial charge in [-0.1, -0.05) is 52.0 Å². The number of ether oxygens (including phenoxy) is 2. The number of carbonyl (C=O) groups excluding carboxylic acids is 1. The summed E-state index contributed by atoms with van der Waals surface area (Å²) in [5.41, 5.74) is 0.919. The van der Waals surface area contributed by atoms with E-state index in [1.807, 2.05) is 32.0 Å². The number of methoxy groups -OCH3 is 1. The Balaban J connectivity index is 1.75. The van der Waals surface area contributed by atoms with E-state index in [-0.39, 0.29) is 29.6 Å². The third-order valence-electron chi connectivity index (χ3n) is 5.86. The van der Waals surface area contributed by atoms with Gasteiger partial charge < -0.3 is 19.7 Å². The molecule has 0 aliphatic carbocycles. The molecule has 8 heteroatoms. The van der Waals surface area contributed by atoms with Crippen LogP contribution in [0, 0.1) is 5.92 Å². The van der Waals surface area contributed by atoms with Crippen LogP contribution in [0.3, 0.4) is 0 Å². The predicted octanol–water partition coefficient (Wildman–Crippen LogP) is 3.71. The first-order valence-electron chi connectivity index (χ1n) is 12.2. The second-order valence-corrected chi connectivity index (χ2v) is 8.82. The molecule has 1 N–H and O–H groups in total. The first-order valence-corrected chi connectivity index (χ1v) is 12.2. The first kappa shape index (κ1) is 26.2. The Morgan fingerprint density at radius 2 is 1.80 bits per heavy atom. The molecule has 0 fully saturated rings. The molecule has 1 aromatic heterocycles. The Bertz CT molecular complexity index is 1200. The van der Waals surface area contributed by atoms with Gasteiger partial charge in [-0.05, 0) is 42.8 Å². The molecule has 2 aromatic carbocycles. The van der Waals surface area contributed by atoms with Crippen molar-refractivity contribution in [2.75, 3.05) is 33.4 Å². The molecule has 3 rings (SSSR count). The lowest BCUT2D eigenvalue weighted by Gasteiger charge is -2.19. The van der Waals surface area contributed by atoms with Gasteiger partial charge in [0.2, 0.25) is 0 Å². The summed E-state index contributed by atoms with van der Waals surface area (Å²) in [5, 5.41) is 8.37. The van der Waals surface area contributed by atoms with Crippen molar-refractivity contribution in [2.24, 2.45) is 5.92 Å². The van der Waals surface area contributed by atoms with Crippen LogP contribution in [0.15, 0.2) is 47.3 Å². The molecule has 1 heterocycles. The maximum atomic E-state index is 13.1. The molecule has 0 bridgehead atoms. The van der Waals surface area contributed by atoms with E-state index in [0.717, 1.165) is 25.2 Å². The number of aromatic nitrogens is 2. The molecule has 8 nitrogen and oxygen atoms in total. The fraction of sp³-hybridized carbons (Fsp3) is 0.444. The molecule has 0 saturated carbocycles. The number of likely N-dealkylation sites (N-methyl/N-ethyl adjacent to an activating group) is 1. The standard InChI is InChI=1S/C27H36N4O4/c1-6-30(7-2)14-15-35-23-13-12-20(16-24(23)34-5)17-28-26(32)25-21-10-8-9-11-22(21)27(33)31(29-25)18-19(3)4/h8-13,16,19H,6-7,14-15,17-18H2,1-5H3,(H,28,32). The van der Waals surface area contributed by atoms with E-state index in [1.54, 1.807) is 31.4 Å². The Morgan fingerprint density at radius 1 is 1.09 bits per heavy atom. The van der Waals surface area contributed by atoms with Crippen LogP contribution in [0.2, 0.25) is 0 Å². The van der Waals surface area contributed by atoms with Crippen LogP contribution in [0.5, 0.6) is 11.5 Å². The van der Waals surface area contributed by atoms with Crippen LogP contribution in [-0.2, 0) is 13.1 Å². The van der Waals surface area contributed by atoms with Crippen molar-refractivity contribution in [2.45, 2.75) is 40.8 Å². The summed E-state index contributed by atoms with van der Waals surface area (Å²) in [5.74, 6) is 1.17. The highest BCUT2D eigenvalue weighted by Crippen LogP contribution is 2.28. The molecule has 1 amide bonds. The maximum absolute atomic E-state index is 13.1. The molecule has 0 saturated heterocycles. The molecular weight excluding hydrogens is 444 g/mol. The van der Waals surface area contributed by atoms with Gasteiger partial charge in [-0.15, -0.1) is 0 Å². The van der Waals surface area contributed by atoms with Crippen LogP contribution in [0.4, 0.5) is 0 Å².